The van der Waals surface area contributed by atoms with Gasteiger partial charge in [-0.3, -0.25) is 9.20 Å². The number of ketones is 1. The number of hydrogen-bond acceptors (Lipinski definition) is 6. The molecule has 1 aliphatic carbocycles. The van der Waals surface area contributed by atoms with Crippen LogP contribution in [0.4, 0.5) is 8.78 Å². The van der Waals surface area contributed by atoms with Crippen LogP contribution in [0.15, 0.2) is 36.7 Å². The zero-order chi connectivity index (χ0) is 24.5. The molecule has 3 aromatic rings. The van der Waals surface area contributed by atoms with Crippen LogP contribution in [0.5, 0.6) is 17.2 Å². The summed E-state index contributed by atoms with van der Waals surface area (Å²) in [6.45, 7) is -1.37. The second-order valence-electron chi connectivity index (χ2n) is 9.32. The number of fused-ring (bicyclic) bond motifs is 1. The number of alkyl halides is 2. The molecule has 1 saturated carbocycles. The molecule has 0 bridgehead atoms. The van der Waals surface area contributed by atoms with E-state index in [2.05, 4.69) is 16.9 Å². The summed E-state index contributed by atoms with van der Waals surface area (Å²) in [4.78, 5) is 19.6. The standard InChI is InChI=1S/C26H29F2N3O4/c1-30-8-3-4-18(30)15-34-19-7-9-31-20(14-29-24(31)13-19)17-11-22(33-2)25(21(32)10-16-5-6-16)23(12-17)35-26(27)28/h7,9,11-14,16,18,26H,3-6,8,10,15H2,1-2H3/t18-/m0/s1. The van der Waals surface area contributed by atoms with Gasteiger partial charge in [0.2, 0.25) is 0 Å². The second-order valence-corrected chi connectivity index (χ2v) is 9.32. The summed E-state index contributed by atoms with van der Waals surface area (Å²) in [5.41, 5.74) is 1.92. The number of rotatable bonds is 10. The van der Waals surface area contributed by atoms with E-state index in [1.54, 1.807) is 12.3 Å². The molecule has 2 fully saturated rings. The van der Waals surface area contributed by atoms with E-state index >= 15 is 0 Å². The van der Waals surface area contributed by atoms with Crippen molar-refractivity contribution in [2.45, 2.75) is 44.8 Å². The van der Waals surface area contributed by atoms with Gasteiger partial charge in [0.15, 0.2) is 5.78 Å². The largest absolute Gasteiger partial charge is 0.496 e. The van der Waals surface area contributed by atoms with Crippen LogP contribution in [-0.4, -0.2) is 60.0 Å². The van der Waals surface area contributed by atoms with Gasteiger partial charge in [-0.2, -0.15) is 8.78 Å². The van der Waals surface area contributed by atoms with Crippen molar-refractivity contribution in [2.75, 3.05) is 27.3 Å². The molecule has 0 amide bonds. The Kier molecular flexibility index (Phi) is 6.60. The van der Waals surface area contributed by atoms with Crippen molar-refractivity contribution in [3.05, 3.63) is 42.2 Å². The highest BCUT2D eigenvalue weighted by Crippen LogP contribution is 2.40. The summed E-state index contributed by atoms with van der Waals surface area (Å²) in [6, 6.07) is 7.23. The number of carbonyl (C=O) groups is 1. The average Bonchev–Trinajstić information content (AvgIpc) is 3.39. The minimum atomic E-state index is -3.07. The third-order valence-corrected chi connectivity index (χ3v) is 6.85. The van der Waals surface area contributed by atoms with Crippen molar-refractivity contribution in [2.24, 2.45) is 5.92 Å². The van der Waals surface area contributed by atoms with Crippen molar-refractivity contribution in [1.82, 2.24) is 14.3 Å². The maximum atomic E-state index is 13.2. The lowest BCUT2D eigenvalue weighted by molar-refractivity contribution is -0.0502. The zero-order valence-corrected chi connectivity index (χ0v) is 19.9. The first-order valence-corrected chi connectivity index (χ1v) is 11.9. The van der Waals surface area contributed by atoms with Crippen LogP contribution in [0.3, 0.4) is 0 Å². The summed E-state index contributed by atoms with van der Waals surface area (Å²) in [7, 11) is 3.52. The lowest BCUT2D eigenvalue weighted by atomic mass is 10.00. The number of benzene rings is 1. The molecule has 9 heteroatoms. The van der Waals surface area contributed by atoms with Crippen LogP contribution in [0.1, 0.15) is 42.5 Å². The lowest BCUT2D eigenvalue weighted by Crippen LogP contribution is -2.30. The molecule has 0 radical (unpaired) electrons. The van der Waals surface area contributed by atoms with Crippen LogP contribution < -0.4 is 14.2 Å². The number of ether oxygens (including phenoxy) is 3. The number of hydrogen-bond donors (Lipinski definition) is 0. The molecule has 1 saturated heterocycles. The van der Waals surface area contributed by atoms with Gasteiger partial charge in [-0.1, -0.05) is 0 Å². The molecular formula is C26H29F2N3O4. The molecule has 7 nitrogen and oxygen atoms in total. The Bertz CT molecular complexity index is 1220. The number of aromatic nitrogens is 2. The molecule has 3 heterocycles. The van der Waals surface area contributed by atoms with E-state index in [0.717, 1.165) is 31.6 Å². The quantitative estimate of drug-likeness (QED) is 0.374. The van der Waals surface area contributed by atoms with E-state index in [4.69, 9.17) is 14.2 Å². The van der Waals surface area contributed by atoms with E-state index in [0.29, 0.717) is 41.9 Å². The fourth-order valence-electron chi connectivity index (χ4n) is 4.70. The Hall–Kier alpha value is -3.20. The Labute approximate surface area is 202 Å². The molecule has 0 spiro atoms. The monoisotopic (exact) mass is 485 g/mol. The van der Waals surface area contributed by atoms with Gasteiger partial charge < -0.3 is 19.1 Å². The summed E-state index contributed by atoms with van der Waals surface area (Å²) in [6.07, 6.45) is 8.03. The number of methoxy groups -OCH3 is 1. The van der Waals surface area contributed by atoms with Crippen molar-refractivity contribution in [3.8, 4) is 28.5 Å². The maximum Gasteiger partial charge on any atom is 0.387 e. The molecule has 5 rings (SSSR count). The van der Waals surface area contributed by atoms with Gasteiger partial charge in [0.1, 0.15) is 35.1 Å². The summed E-state index contributed by atoms with van der Waals surface area (Å²) in [5.74, 6) is 0.792. The van der Waals surface area contributed by atoms with Gasteiger partial charge in [0.05, 0.1) is 19.0 Å². The molecule has 1 atom stereocenters. The van der Waals surface area contributed by atoms with Crippen LogP contribution in [-0.2, 0) is 0 Å². The SMILES string of the molecule is COc1cc(-c2cnc3cc(OC[C@@H]4CCCN4C)ccn23)cc(OC(F)F)c1C(=O)CC1CC1. The maximum absolute atomic E-state index is 13.2. The first-order chi connectivity index (χ1) is 16.9. The van der Waals surface area contributed by atoms with Gasteiger partial charge in [-0.25, -0.2) is 4.98 Å². The fourth-order valence-corrected chi connectivity index (χ4v) is 4.70. The van der Waals surface area contributed by atoms with E-state index in [1.807, 2.05) is 22.7 Å². The number of carbonyl (C=O) groups excluding carboxylic acids is 1. The van der Waals surface area contributed by atoms with Crippen molar-refractivity contribution < 1.29 is 27.8 Å². The van der Waals surface area contributed by atoms with E-state index < -0.39 is 6.61 Å². The molecule has 2 aromatic heterocycles. The number of imidazole rings is 1. The Morgan fingerprint density at radius 1 is 1.20 bits per heavy atom. The third-order valence-electron chi connectivity index (χ3n) is 6.85. The van der Waals surface area contributed by atoms with Crippen LogP contribution >= 0.6 is 0 Å². The second kappa shape index (κ2) is 9.81. The predicted molar refractivity (Wildman–Crippen MR) is 127 cm³/mol. The number of halogens is 2. The first kappa shape index (κ1) is 23.5. The van der Waals surface area contributed by atoms with Crippen LogP contribution in [0, 0.1) is 5.92 Å². The minimum Gasteiger partial charge on any atom is -0.496 e. The highest BCUT2D eigenvalue weighted by Gasteiger charge is 2.30. The number of likely N-dealkylation sites (tertiary alicyclic amines) is 1. The van der Waals surface area contributed by atoms with E-state index in [9.17, 15) is 13.6 Å². The number of likely N-dealkylation sites (N-methyl/N-ethyl adjacent to an activating group) is 1. The molecule has 0 unspecified atom stereocenters. The number of Topliss-reactive ketones (excluding diaryl/α,β-unsaturated/α-hetero) is 1. The lowest BCUT2D eigenvalue weighted by Gasteiger charge is -2.19. The number of pyridine rings is 1. The van der Waals surface area contributed by atoms with Crippen molar-refractivity contribution in [3.63, 3.8) is 0 Å². The van der Waals surface area contributed by atoms with Gasteiger partial charge in [0, 0.05) is 30.3 Å². The normalized spacial score (nSPS) is 18.4. The highest BCUT2D eigenvalue weighted by atomic mass is 19.3. The summed E-state index contributed by atoms with van der Waals surface area (Å²) in [5, 5.41) is 0. The van der Waals surface area contributed by atoms with E-state index in [-0.39, 0.29) is 22.8 Å². The molecule has 1 aromatic carbocycles. The van der Waals surface area contributed by atoms with Gasteiger partial charge in [-0.05, 0) is 63.4 Å². The Morgan fingerprint density at radius 3 is 2.69 bits per heavy atom. The third kappa shape index (κ3) is 5.10. The van der Waals surface area contributed by atoms with Crippen molar-refractivity contribution >= 4 is 11.4 Å². The molecule has 35 heavy (non-hydrogen) atoms. The van der Waals surface area contributed by atoms with Crippen LogP contribution in [0.25, 0.3) is 16.9 Å². The Balaban J connectivity index is 1.45. The minimum absolute atomic E-state index is 0.0600. The van der Waals surface area contributed by atoms with Gasteiger partial charge in [-0.15, -0.1) is 0 Å². The first-order valence-electron chi connectivity index (χ1n) is 11.9. The average molecular weight is 486 g/mol. The highest BCUT2D eigenvalue weighted by molar-refractivity contribution is 6.02. The number of nitrogens with zero attached hydrogens (tertiary/aromatic N) is 3. The van der Waals surface area contributed by atoms with Crippen LogP contribution in [0.2, 0.25) is 0 Å². The summed E-state index contributed by atoms with van der Waals surface area (Å²) >= 11 is 0. The van der Waals surface area contributed by atoms with Crippen molar-refractivity contribution in [1.29, 1.82) is 0 Å². The zero-order valence-electron chi connectivity index (χ0n) is 19.9. The predicted octanol–water partition coefficient (Wildman–Crippen LogP) is 5.07. The molecular weight excluding hydrogens is 456 g/mol. The van der Waals surface area contributed by atoms with E-state index in [1.165, 1.54) is 19.6 Å². The van der Waals surface area contributed by atoms with Gasteiger partial charge >= 0.3 is 6.61 Å². The topological polar surface area (TPSA) is 65.3 Å². The molecule has 2 aliphatic rings. The molecule has 0 N–H and O–H groups in total. The summed E-state index contributed by atoms with van der Waals surface area (Å²) < 4.78 is 44.6. The smallest absolute Gasteiger partial charge is 0.387 e. The fraction of sp³-hybridized carbons (Fsp3) is 0.462. The Morgan fingerprint density at radius 2 is 2.00 bits per heavy atom. The van der Waals surface area contributed by atoms with Gasteiger partial charge in [0.25, 0.3) is 0 Å². The molecule has 186 valence electrons. The molecule has 1 aliphatic heterocycles.